The fraction of sp³-hybridized carbons (Fsp3) is 0.385. The molecule has 1 amide bonds. The number of hydrogen-bond acceptors (Lipinski definition) is 2. The van der Waals surface area contributed by atoms with E-state index in [1.54, 1.807) is 25.1 Å². The summed E-state index contributed by atoms with van der Waals surface area (Å²) in [4.78, 5) is 22.3. The van der Waals surface area contributed by atoms with Crippen LogP contribution in [0.4, 0.5) is 0 Å². The summed E-state index contributed by atoms with van der Waals surface area (Å²) in [6, 6.07) is 5.05. The number of amides is 1. The molecule has 0 saturated carbocycles. The van der Waals surface area contributed by atoms with E-state index < -0.39 is 11.9 Å². The SMILES string of the molecule is CC(CCNC(=O)Cc1c(Cl)cccc1Cl)C(=O)O. The lowest BCUT2D eigenvalue weighted by Crippen LogP contribution is -2.28. The molecule has 0 heterocycles. The van der Waals surface area contributed by atoms with Gasteiger partial charge < -0.3 is 10.4 Å². The third-order valence-electron chi connectivity index (χ3n) is 2.72. The van der Waals surface area contributed by atoms with Crippen molar-refractivity contribution in [2.24, 2.45) is 5.92 Å². The zero-order valence-electron chi connectivity index (χ0n) is 10.5. The van der Waals surface area contributed by atoms with E-state index >= 15 is 0 Å². The average Bonchev–Trinajstić information content (AvgIpc) is 2.33. The Morgan fingerprint density at radius 2 is 1.89 bits per heavy atom. The van der Waals surface area contributed by atoms with E-state index in [1.807, 2.05) is 0 Å². The van der Waals surface area contributed by atoms with Crippen molar-refractivity contribution in [2.45, 2.75) is 19.8 Å². The molecule has 0 bridgehead atoms. The molecule has 0 fully saturated rings. The highest BCUT2D eigenvalue weighted by Gasteiger charge is 2.13. The van der Waals surface area contributed by atoms with Crippen molar-refractivity contribution >= 4 is 35.1 Å². The topological polar surface area (TPSA) is 66.4 Å². The summed E-state index contributed by atoms with van der Waals surface area (Å²) in [5.41, 5.74) is 0.578. The number of carboxylic acids is 1. The maximum absolute atomic E-state index is 11.7. The van der Waals surface area contributed by atoms with Gasteiger partial charge in [-0.2, -0.15) is 0 Å². The summed E-state index contributed by atoms with van der Waals surface area (Å²) in [7, 11) is 0. The first kappa shape index (κ1) is 15.8. The third kappa shape index (κ3) is 5.09. The molecule has 1 aromatic carbocycles. The van der Waals surface area contributed by atoms with Crippen molar-refractivity contribution in [3.8, 4) is 0 Å². The van der Waals surface area contributed by atoms with Gasteiger partial charge in [0.25, 0.3) is 0 Å². The van der Waals surface area contributed by atoms with E-state index in [9.17, 15) is 9.59 Å². The number of carbonyl (C=O) groups is 2. The van der Waals surface area contributed by atoms with Gasteiger partial charge in [-0.1, -0.05) is 36.2 Å². The Labute approximate surface area is 121 Å². The van der Waals surface area contributed by atoms with Crippen LogP contribution in [0.15, 0.2) is 18.2 Å². The van der Waals surface area contributed by atoms with Crippen LogP contribution in [0.3, 0.4) is 0 Å². The standard InChI is InChI=1S/C13H15Cl2NO3/c1-8(13(18)19)5-6-16-12(17)7-9-10(14)3-2-4-11(9)15/h2-4,8H,5-7H2,1H3,(H,16,17)(H,18,19). The van der Waals surface area contributed by atoms with E-state index in [2.05, 4.69) is 5.32 Å². The van der Waals surface area contributed by atoms with Crippen LogP contribution in [-0.2, 0) is 16.0 Å². The maximum atomic E-state index is 11.7. The number of hydrogen-bond donors (Lipinski definition) is 2. The van der Waals surface area contributed by atoms with Gasteiger partial charge >= 0.3 is 5.97 Å². The molecule has 0 saturated heterocycles. The van der Waals surface area contributed by atoms with E-state index in [4.69, 9.17) is 28.3 Å². The highest BCUT2D eigenvalue weighted by Crippen LogP contribution is 2.24. The van der Waals surface area contributed by atoms with Crippen molar-refractivity contribution in [2.75, 3.05) is 6.54 Å². The van der Waals surface area contributed by atoms with Gasteiger partial charge in [-0.25, -0.2) is 0 Å². The number of carbonyl (C=O) groups excluding carboxylic acids is 1. The summed E-state index contributed by atoms with van der Waals surface area (Å²) in [5, 5.41) is 12.3. The predicted octanol–water partition coefficient (Wildman–Crippen LogP) is 2.76. The Bertz CT molecular complexity index is 457. The minimum Gasteiger partial charge on any atom is -0.481 e. The normalized spacial score (nSPS) is 11.9. The Morgan fingerprint density at radius 3 is 2.42 bits per heavy atom. The molecule has 1 aromatic rings. The van der Waals surface area contributed by atoms with Gasteiger partial charge in [-0.05, 0) is 24.1 Å². The summed E-state index contributed by atoms with van der Waals surface area (Å²) in [6.45, 7) is 1.91. The summed E-state index contributed by atoms with van der Waals surface area (Å²) >= 11 is 11.9. The lowest BCUT2D eigenvalue weighted by molar-refractivity contribution is -0.141. The first-order valence-electron chi connectivity index (χ1n) is 5.84. The van der Waals surface area contributed by atoms with E-state index in [-0.39, 0.29) is 12.3 Å². The lowest BCUT2D eigenvalue weighted by atomic mass is 10.1. The van der Waals surface area contributed by atoms with Crippen LogP contribution in [0.1, 0.15) is 18.9 Å². The molecule has 1 unspecified atom stereocenters. The van der Waals surface area contributed by atoms with Gasteiger partial charge in [0, 0.05) is 16.6 Å². The fourth-order valence-corrected chi connectivity index (χ4v) is 2.01. The van der Waals surface area contributed by atoms with Gasteiger partial charge in [0.1, 0.15) is 0 Å². The number of carboxylic acid groups (broad SMARTS) is 1. The molecule has 0 aliphatic rings. The second-order valence-electron chi connectivity index (χ2n) is 4.25. The molecule has 1 rings (SSSR count). The van der Waals surface area contributed by atoms with Gasteiger partial charge in [0.15, 0.2) is 0 Å². The maximum Gasteiger partial charge on any atom is 0.306 e. The Morgan fingerprint density at radius 1 is 1.32 bits per heavy atom. The zero-order valence-corrected chi connectivity index (χ0v) is 12.0. The molecule has 0 aromatic heterocycles. The van der Waals surface area contributed by atoms with Crippen LogP contribution in [-0.4, -0.2) is 23.5 Å². The number of halogens is 2. The second kappa shape index (κ2) is 7.36. The van der Waals surface area contributed by atoms with Crippen molar-refractivity contribution in [1.29, 1.82) is 0 Å². The first-order valence-corrected chi connectivity index (χ1v) is 6.59. The molecule has 6 heteroatoms. The molecular weight excluding hydrogens is 289 g/mol. The van der Waals surface area contributed by atoms with Crippen LogP contribution in [0.5, 0.6) is 0 Å². The highest BCUT2D eigenvalue weighted by atomic mass is 35.5. The third-order valence-corrected chi connectivity index (χ3v) is 3.43. The van der Waals surface area contributed by atoms with Crippen LogP contribution in [0.2, 0.25) is 10.0 Å². The molecule has 1 atom stereocenters. The van der Waals surface area contributed by atoms with Crippen molar-refractivity contribution < 1.29 is 14.7 Å². The van der Waals surface area contributed by atoms with E-state index in [0.29, 0.717) is 28.6 Å². The largest absolute Gasteiger partial charge is 0.481 e. The van der Waals surface area contributed by atoms with Gasteiger partial charge in [0.05, 0.1) is 12.3 Å². The van der Waals surface area contributed by atoms with Gasteiger partial charge in [-0.3, -0.25) is 9.59 Å². The van der Waals surface area contributed by atoms with Crippen molar-refractivity contribution in [3.05, 3.63) is 33.8 Å². The monoisotopic (exact) mass is 303 g/mol. The quantitative estimate of drug-likeness (QED) is 0.849. The fourth-order valence-electron chi connectivity index (χ4n) is 1.48. The lowest BCUT2D eigenvalue weighted by Gasteiger charge is -2.09. The molecule has 104 valence electrons. The van der Waals surface area contributed by atoms with E-state index in [1.165, 1.54) is 0 Å². The molecule has 0 aliphatic heterocycles. The van der Waals surface area contributed by atoms with Crippen LogP contribution >= 0.6 is 23.2 Å². The van der Waals surface area contributed by atoms with Crippen LogP contribution < -0.4 is 5.32 Å². The number of aliphatic carboxylic acids is 1. The van der Waals surface area contributed by atoms with Gasteiger partial charge in [-0.15, -0.1) is 0 Å². The first-order chi connectivity index (χ1) is 8.91. The van der Waals surface area contributed by atoms with Crippen LogP contribution in [0.25, 0.3) is 0 Å². The van der Waals surface area contributed by atoms with Gasteiger partial charge in [0.2, 0.25) is 5.91 Å². The summed E-state index contributed by atoms with van der Waals surface area (Å²) in [6.07, 6.45) is 0.470. The van der Waals surface area contributed by atoms with Crippen LogP contribution in [0, 0.1) is 5.92 Å². The summed E-state index contributed by atoms with van der Waals surface area (Å²) < 4.78 is 0. The molecule has 0 radical (unpaired) electrons. The molecule has 4 nitrogen and oxygen atoms in total. The highest BCUT2D eigenvalue weighted by molar-refractivity contribution is 6.36. The van der Waals surface area contributed by atoms with E-state index in [0.717, 1.165) is 0 Å². The minimum atomic E-state index is -0.872. The molecule has 2 N–H and O–H groups in total. The minimum absolute atomic E-state index is 0.0833. The number of rotatable bonds is 6. The predicted molar refractivity (Wildman–Crippen MR) is 74.6 cm³/mol. The second-order valence-corrected chi connectivity index (χ2v) is 5.07. The molecule has 0 aliphatic carbocycles. The molecule has 19 heavy (non-hydrogen) atoms. The van der Waals surface area contributed by atoms with Crippen molar-refractivity contribution in [3.63, 3.8) is 0 Å². The smallest absolute Gasteiger partial charge is 0.306 e. The summed E-state index contributed by atoms with van der Waals surface area (Å²) in [5.74, 6) is -1.58. The molecule has 0 spiro atoms. The number of nitrogens with one attached hydrogen (secondary N) is 1. The van der Waals surface area contributed by atoms with Crippen molar-refractivity contribution in [1.82, 2.24) is 5.32 Å². The Balaban J connectivity index is 2.46. The molecular formula is C13H15Cl2NO3. The number of benzene rings is 1. The Hall–Kier alpha value is -1.26. The Kier molecular flexibility index (Phi) is 6.12. The average molecular weight is 304 g/mol. The zero-order chi connectivity index (χ0) is 14.4.